The minimum absolute atomic E-state index is 0.116. The summed E-state index contributed by atoms with van der Waals surface area (Å²) in [6.07, 6.45) is 3.45. The van der Waals surface area contributed by atoms with Crippen molar-refractivity contribution in [3.63, 3.8) is 0 Å². The summed E-state index contributed by atoms with van der Waals surface area (Å²) in [4.78, 5) is 15.5. The van der Waals surface area contributed by atoms with Gasteiger partial charge in [0.15, 0.2) is 0 Å². The number of hydrogen-bond acceptors (Lipinski definition) is 3. The monoisotopic (exact) mass is 504 g/mol. The quantitative estimate of drug-likeness (QED) is 0.411. The molecule has 1 saturated heterocycles. The van der Waals surface area contributed by atoms with E-state index in [4.69, 9.17) is 0 Å². The van der Waals surface area contributed by atoms with Gasteiger partial charge in [-0.3, -0.25) is 4.79 Å². The number of aryl methyl sites for hydroxylation is 2. The van der Waals surface area contributed by atoms with Crippen LogP contribution in [-0.2, 0) is 27.7 Å². The molecule has 0 aliphatic carbocycles. The van der Waals surface area contributed by atoms with Crippen molar-refractivity contribution in [1.29, 1.82) is 0 Å². The summed E-state index contributed by atoms with van der Waals surface area (Å²) in [6, 6.07) is 25.7. The fourth-order valence-corrected chi connectivity index (χ4v) is 6.59. The summed E-state index contributed by atoms with van der Waals surface area (Å²) >= 11 is 0. The molecule has 3 aromatic rings. The SMILES string of the molecule is Cc1ccc(C)c(S(=O)(=O)N(CCc2ccccc2)CC(=O)N2CCC(Cc3ccccc3)CC2)c1. The van der Waals surface area contributed by atoms with Crippen molar-refractivity contribution in [1.82, 2.24) is 9.21 Å². The Hall–Kier alpha value is -2.96. The summed E-state index contributed by atoms with van der Waals surface area (Å²) in [7, 11) is -3.82. The highest BCUT2D eigenvalue weighted by Gasteiger charge is 2.31. The van der Waals surface area contributed by atoms with E-state index in [1.165, 1.54) is 9.87 Å². The average molecular weight is 505 g/mol. The van der Waals surface area contributed by atoms with Crippen LogP contribution in [0.1, 0.15) is 35.1 Å². The summed E-state index contributed by atoms with van der Waals surface area (Å²) in [5.41, 5.74) is 3.95. The Labute approximate surface area is 215 Å². The number of likely N-dealkylation sites (tertiary alicyclic amines) is 1. The first-order chi connectivity index (χ1) is 17.3. The molecule has 0 spiro atoms. The number of nitrogens with zero attached hydrogens (tertiary/aromatic N) is 2. The molecule has 0 bridgehead atoms. The van der Waals surface area contributed by atoms with E-state index in [9.17, 15) is 13.2 Å². The fourth-order valence-electron chi connectivity index (χ4n) is 4.89. The van der Waals surface area contributed by atoms with Crippen molar-refractivity contribution in [3.05, 3.63) is 101 Å². The summed E-state index contributed by atoms with van der Waals surface area (Å²) in [6.45, 7) is 5.17. The van der Waals surface area contributed by atoms with E-state index in [1.54, 1.807) is 13.0 Å². The molecule has 0 aromatic heterocycles. The molecule has 5 nitrogen and oxygen atoms in total. The molecule has 0 unspecified atom stereocenters. The number of piperidine rings is 1. The van der Waals surface area contributed by atoms with Gasteiger partial charge in [-0.25, -0.2) is 8.42 Å². The molecule has 6 heteroatoms. The molecule has 0 N–H and O–H groups in total. The van der Waals surface area contributed by atoms with Gasteiger partial charge in [0.2, 0.25) is 15.9 Å². The van der Waals surface area contributed by atoms with Crippen molar-refractivity contribution in [3.8, 4) is 0 Å². The Morgan fingerprint density at radius 2 is 1.50 bits per heavy atom. The second-order valence-electron chi connectivity index (χ2n) is 9.86. The van der Waals surface area contributed by atoms with Gasteiger partial charge >= 0.3 is 0 Å². The van der Waals surface area contributed by atoms with Crippen molar-refractivity contribution < 1.29 is 13.2 Å². The van der Waals surface area contributed by atoms with Gasteiger partial charge in [-0.15, -0.1) is 0 Å². The van der Waals surface area contributed by atoms with E-state index in [-0.39, 0.29) is 23.9 Å². The molecule has 0 saturated carbocycles. The largest absolute Gasteiger partial charge is 0.342 e. The Balaban J connectivity index is 1.46. The van der Waals surface area contributed by atoms with Gasteiger partial charge in [-0.2, -0.15) is 4.31 Å². The summed E-state index contributed by atoms with van der Waals surface area (Å²) in [5, 5.41) is 0. The minimum Gasteiger partial charge on any atom is -0.342 e. The van der Waals surface area contributed by atoms with Crippen LogP contribution in [0.15, 0.2) is 83.8 Å². The second-order valence-corrected chi connectivity index (χ2v) is 11.8. The van der Waals surface area contributed by atoms with Crippen LogP contribution in [0, 0.1) is 19.8 Å². The number of carbonyl (C=O) groups is 1. The molecule has 1 aliphatic rings. The van der Waals surface area contributed by atoms with Gasteiger partial charge < -0.3 is 4.90 Å². The maximum Gasteiger partial charge on any atom is 0.243 e. The van der Waals surface area contributed by atoms with Crippen molar-refractivity contribution >= 4 is 15.9 Å². The normalized spacial score (nSPS) is 14.8. The topological polar surface area (TPSA) is 57.7 Å². The molecular formula is C30H36N2O3S. The molecule has 0 atom stereocenters. The zero-order valence-electron chi connectivity index (χ0n) is 21.3. The van der Waals surface area contributed by atoms with Gasteiger partial charge in [0.05, 0.1) is 11.4 Å². The highest BCUT2D eigenvalue weighted by Crippen LogP contribution is 2.24. The van der Waals surface area contributed by atoms with Gasteiger partial charge in [0, 0.05) is 19.6 Å². The summed E-state index contributed by atoms with van der Waals surface area (Å²) < 4.78 is 28.9. The van der Waals surface area contributed by atoms with E-state index in [0.717, 1.165) is 30.4 Å². The first-order valence-electron chi connectivity index (χ1n) is 12.8. The molecular weight excluding hydrogens is 468 g/mol. The molecule has 0 radical (unpaired) electrons. The first-order valence-corrected chi connectivity index (χ1v) is 14.2. The van der Waals surface area contributed by atoms with Crippen LogP contribution in [-0.4, -0.2) is 49.7 Å². The highest BCUT2D eigenvalue weighted by atomic mass is 32.2. The molecule has 4 rings (SSSR count). The van der Waals surface area contributed by atoms with Crippen LogP contribution in [0.4, 0.5) is 0 Å². The van der Waals surface area contributed by atoms with E-state index >= 15 is 0 Å². The second kappa shape index (κ2) is 11.8. The minimum atomic E-state index is -3.82. The number of carbonyl (C=O) groups excluding carboxylic acids is 1. The number of rotatable bonds is 9. The lowest BCUT2D eigenvalue weighted by Gasteiger charge is -2.33. The van der Waals surface area contributed by atoms with Crippen molar-refractivity contribution in [2.45, 2.75) is 44.4 Å². The zero-order valence-corrected chi connectivity index (χ0v) is 22.1. The molecule has 3 aromatic carbocycles. The number of hydrogen-bond donors (Lipinski definition) is 0. The van der Waals surface area contributed by atoms with Crippen molar-refractivity contribution in [2.75, 3.05) is 26.2 Å². The maximum absolute atomic E-state index is 13.8. The molecule has 1 fully saturated rings. The lowest BCUT2D eigenvalue weighted by Crippen LogP contribution is -2.46. The fraction of sp³-hybridized carbons (Fsp3) is 0.367. The van der Waals surface area contributed by atoms with Gasteiger partial charge in [-0.05, 0) is 73.8 Å². The van der Waals surface area contributed by atoms with Crippen LogP contribution in [0.5, 0.6) is 0 Å². The van der Waals surface area contributed by atoms with E-state index < -0.39 is 10.0 Å². The Kier molecular flexibility index (Phi) is 8.60. The Bertz CT molecular complexity index is 1250. The van der Waals surface area contributed by atoms with Gasteiger partial charge in [0.1, 0.15) is 0 Å². The lowest BCUT2D eigenvalue weighted by molar-refractivity contribution is -0.132. The number of amides is 1. The Morgan fingerprint density at radius 1 is 0.889 bits per heavy atom. The third-order valence-corrected chi connectivity index (χ3v) is 9.09. The van der Waals surface area contributed by atoms with Crippen LogP contribution in [0.3, 0.4) is 0 Å². The first kappa shape index (κ1) is 26.1. The third kappa shape index (κ3) is 6.62. The standard InChI is InChI=1S/C30H36N2O3S/c1-24-13-14-25(2)29(21-24)36(34,35)32(20-17-26-9-5-3-6-10-26)23-30(33)31-18-15-28(16-19-31)22-27-11-7-4-8-12-27/h3-14,21,28H,15-20,22-23H2,1-2H3. The molecule has 190 valence electrons. The van der Waals surface area contributed by atoms with E-state index in [0.29, 0.717) is 31.0 Å². The predicted octanol–water partition coefficient (Wildman–Crippen LogP) is 5.02. The van der Waals surface area contributed by atoms with Crippen LogP contribution < -0.4 is 0 Å². The molecule has 1 aliphatic heterocycles. The van der Waals surface area contributed by atoms with E-state index in [2.05, 4.69) is 24.3 Å². The third-order valence-electron chi connectivity index (χ3n) is 7.10. The van der Waals surface area contributed by atoms with Crippen LogP contribution >= 0.6 is 0 Å². The zero-order chi connectivity index (χ0) is 25.5. The highest BCUT2D eigenvalue weighted by molar-refractivity contribution is 7.89. The smallest absolute Gasteiger partial charge is 0.243 e. The van der Waals surface area contributed by atoms with Gasteiger partial charge in [0.25, 0.3) is 0 Å². The molecule has 1 amide bonds. The van der Waals surface area contributed by atoms with Crippen LogP contribution in [0.25, 0.3) is 0 Å². The van der Waals surface area contributed by atoms with Gasteiger partial charge in [-0.1, -0.05) is 72.8 Å². The maximum atomic E-state index is 13.8. The predicted molar refractivity (Wildman–Crippen MR) is 144 cm³/mol. The number of benzene rings is 3. The Morgan fingerprint density at radius 3 is 2.14 bits per heavy atom. The van der Waals surface area contributed by atoms with Crippen molar-refractivity contribution in [2.24, 2.45) is 5.92 Å². The number of sulfonamides is 1. The van der Waals surface area contributed by atoms with Crippen LogP contribution in [0.2, 0.25) is 0 Å². The molecule has 1 heterocycles. The lowest BCUT2D eigenvalue weighted by atomic mass is 9.90. The summed E-state index contributed by atoms with van der Waals surface area (Å²) in [5.74, 6) is 0.430. The van der Waals surface area contributed by atoms with E-state index in [1.807, 2.05) is 60.4 Å². The molecule has 36 heavy (non-hydrogen) atoms. The average Bonchev–Trinajstić information content (AvgIpc) is 2.89.